The number of benzene rings is 2. The molecular weight excluding hydrogens is 386 g/mol. The minimum absolute atomic E-state index is 0.443. The largest absolute Gasteiger partial charge is 0.497 e. The molecule has 1 saturated heterocycles. The maximum atomic E-state index is 10.4. The quantitative estimate of drug-likeness (QED) is 0.418. The number of ether oxygens (including phenoxy) is 2. The van der Waals surface area contributed by atoms with Gasteiger partial charge in [-0.15, -0.1) is 0 Å². The Labute approximate surface area is 174 Å². The molecule has 0 spiro atoms. The lowest BCUT2D eigenvalue weighted by Gasteiger charge is -2.40. The number of rotatable bonds is 6. The number of fused-ring (bicyclic) bond motifs is 1. The fourth-order valence-corrected chi connectivity index (χ4v) is 4.03. The Morgan fingerprint density at radius 3 is 2.43 bits per heavy atom. The summed E-state index contributed by atoms with van der Waals surface area (Å²) in [6, 6.07) is 13.6. The number of aromatic amines is 1. The SMILES string of the molecule is COc1ccc(CCc2c[nH]c3ccc([C@@H]4O[C@H](CO)[C@@H](O)[C@H](O)[C@H]4O)cc23)cc1. The van der Waals surface area contributed by atoms with E-state index in [1.165, 1.54) is 5.56 Å². The highest BCUT2D eigenvalue weighted by atomic mass is 16.5. The Kier molecular flexibility index (Phi) is 6.08. The Morgan fingerprint density at radius 2 is 1.73 bits per heavy atom. The first-order valence-corrected chi connectivity index (χ1v) is 10.0. The molecule has 5 atom stereocenters. The Morgan fingerprint density at radius 1 is 0.967 bits per heavy atom. The molecule has 7 nitrogen and oxygen atoms in total. The van der Waals surface area contributed by atoms with E-state index in [-0.39, 0.29) is 0 Å². The Hall–Kier alpha value is -2.42. The van der Waals surface area contributed by atoms with Crippen LogP contribution in [0.1, 0.15) is 22.8 Å². The number of nitrogens with one attached hydrogen (secondary N) is 1. The third kappa shape index (κ3) is 3.95. The first kappa shape index (κ1) is 20.8. The minimum Gasteiger partial charge on any atom is -0.497 e. The van der Waals surface area contributed by atoms with E-state index in [0.29, 0.717) is 5.56 Å². The van der Waals surface area contributed by atoms with Crippen LogP contribution in [-0.2, 0) is 17.6 Å². The van der Waals surface area contributed by atoms with Crippen molar-refractivity contribution < 1.29 is 29.9 Å². The van der Waals surface area contributed by atoms with Crippen LogP contribution in [0.3, 0.4) is 0 Å². The van der Waals surface area contributed by atoms with E-state index in [1.807, 2.05) is 48.7 Å². The van der Waals surface area contributed by atoms with Gasteiger partial charge >= 0.3 is 0 Å². The van der Waals surface area contributed by atoms with Gasteiger partial charge in [0.25, 0.3) is 0 Å². The molecule has 30 heavy (non-hydrogen) atoms. The molecule has 0 saturated carbocycles. The number of aliphatic hydroxyl groups excluding tert-OH is 4. The number of aliphatic hydroxyl groups is 4. The molecule has 160 valence electrons. The monoisotopic (exact) mass is 413 g/mol. The van der Waals surface area contributed by atoms with Crippen molar-refractivity contribution in [2.75, 3.05) is 13.7 Å². The van der Waals surface area contributed by atoms with Gasteiger partial charge in [0.2, 0.25) is 0 Å². The third-order valence-corrected chi connectivity index (χ3v) is 5.85. The second kappa shape index (κ2) is 8.75. The Bertz CT molecular complexity index is 983. The van der Waals surface area contributed by atoms with Crippen LogP contribution in [0.2, 0.25) is 0 Å². The predicted octanol–water partition coefficient (Wildman–Crippen LogP) is 1.48. The molecule has 2 aromatic carbocycles. The zero-order valence-corrected chi connectivity index (χ0v) is 16.7. The second-order valence-electron chi connectivity index (χ2n) is 7.72. The summed E-state index contributed by atoms with van der Waals surface area (Å²) in [4.78, 5) is 3.27. The number of hydrogen-bond acceptors (Lipinski definition) is 6. The summed E-state index contributed by atoms with van der Waals surface area (Å²) in [7, 11) is 1.65. The van der Waals surface area contributed by atoms with Gasteiger partial charge in [0.1, 0.15) is 36.3 Å². The summed E-state index contributed by atoms with van der Waals surface area (Å²) in [5.74, 6) is 0.829. The zero-order valence-electron chi connectivity index (χ0n) is 16.7. The van der Waals surface area contributed by atoms with E-state index >= 15 is 0 Å². The molecule has 1 aliphatic rings. The maximum Gasteiger partial charge on any atom is 0.118 e. The van der Waals surface area contributed by atoms with Crippen LogP contribution in [0, 0.1) is 0 Å². The first-order valence-electron chi connectivity index (χ1n) is 10.0. The minimum atomic E-state index is -1.39. The van der Waals surface area contributed by atoms with Crippen molar-refractivity contribution in [2.24, 2.45) is 0 Å². The summed E-state index contributed by atoms with van der Waals surface area (Å²) in [6.07, 6.45) is -2.15. The fraction of sp³-hybridized carbons (Fsp3) is 0.391. The molecular formula is C23H27NO6. The number of H-pyrrole nitrogens is 1. The lowest BCUT2D eigenvalue weighted by Crippen LogP contribution is -2.55. The maximum absolute atomic E-state index is 10.4. The topological polar surface area (TPSA) is 115 Å². The molecule has 0 unspecified atom stereocenters. The van der Waals surface area contributed by atoms with Gasteiger partial charge in [-0.1, -0.05) is 18.2 Å². The molecule has 2 heterocycles. The van der Waals surface area contributed by atoms with Gasteiger partial charge in [0.05, 0.1) is 13.7 Å². The van der Waals surface area contributed by atoms with Gasteiger partial charge in [-0.05, 0) is 53.8 Å². The van der Waals surface area contributed by atoms with Crippen molar-refractivity contribution in [2.45, 2.75) is 43.4 Å². The molecule has 3 aromatic rings. The molecule has 1 fully saturated rings. The molecule has 0 aliphatic carbocycles. The summed E-state index contributed by atoms with van der Waals surface area (Å²) in [5.41, 5.74) is 3.99. The lowest BCUT2D eigenvalue weighted by atomic mass is 9.90. The summed E-state index contributed by atoms with van der Waals surface area (Å²) in [5, 5.41) is 41.0. The molecule has 5 N–H and O–H groups in total. The molecule has 0 bridgehead atoms. The van der Waals surface area contributed by atoms with Crippen molar-refractivity contribution in [1.82, 2.24) is 4.98 Å². The van der Waals surface area contributed by atoms with E-state index < -0.39 is 37.1 Å². The van der Waals surface area contributed by atoms with Crippen LogP contribution in [-0.4, -0.2) is 63.5 Å². The van der Waals surface area contributed by atoms with Crippen LogP contribution in [0.4, 0.5) is 0 Å². The summed E-state index contributed by atoms with van der Waals surface area (Å²) in [6.45, 7) is -0.443. The van der Waals surface area contributed by atoms with E-state index in [0.717, 1.165) is 35.1 Å². The average molecular weight is 413 g/mol. The van der Waals surface area contributed by atoms with Crippen molar-refractivity contribution >= 4 is 10.9 Å². The third-order valence-electron chi connectivity index (χ3n) is 5.85. The highest BCUT2D eigenvalue weighted by molar-refractivity contribution is 5.84. The van der Waals surface area contributed by atoms with Crippen LogP contribution in [0.25, 0.3) is 10.9 Å². The van der Waals surface area contributed by atoms with Crippen molar-refractivity contribution in [1.29, 1.82) is 0 Å². The highest BCUT2D eigenvalue weighted by Crippen LogP contribution is 2.34. The highest BCUT2D eigenvalue weighted by Gasteiger charge is 2.43. The van der Waals surface area contributed by atoms with E-state index in [9.17, 15) is 20.4 Å². The van der Waals surface area contributed by atoms with Gasteiger partial charge in [-0.2, -0.15) is 0 Å². The van der Waals surface area contributed by atoms with Crippen molar-refractivity contribution in [3.05, 3.63) is 65.4 Å². The smallest absolute Gasteiger partial charge is 0.118 e. The number of methoxy groups -OCH3 is 1. The number of aryl methyl sites for hydroxylation is 2. The van der Waals surface area contributed by atoms with Crippen LogP contribution < -0.4 is 4.74 Å². The standard InChI is InChI=1S/C23H27NO6/c1-29-16-7-3-13(4-8-16)2-5-15-11-24-18-9-6-14(10-17(15)18)23-22(28)21(27)20(26)19(12-25)30-23/h3-4,6-11,19-28H,2,5,12H2,1H3/t19-,20-,21+,22-,23+/m1/s1. The normalized spacial score (nSPS) is 26.8. The molecule has 1 aliphatic heterocycles. The van der Waals surface area contributed by atoms with Gasteiger partial charge < -0.3 is 34.9 Å². The van der Waals surface area contributed by atoms with Crippen LogP contribution >= 0.6 is 0 Å². The first-order chi connectivity index (χ1) is 14.5. The Balaban J connectivity index is 1.56. The molecule has 0 amide bonds. The van der Waals surface area contributed by atoms with Crippen LogP contribution in [0.15, 0.2) is 48.7 Å². The van der Waals surface area contributed by atoms with Gasteiger partial charge in [-0.25, -0.2) is 0 Å². The van der Waals surface area contributed by atoms with Crippen LogP contribution in [0.5, 0.6) is 5.75 Å². The summed E-state index contributed by atoms with van der Waals surface area (Å²) < 4.78 is 10.9. The fourth-order valence-electron chi connectivity index (χ4n) is 4.03. The van der Waals surface area contributed by atoms with Crippen molar-refractivity contribution in [3.8, 4) is 5.75 Å². The lowest BCUT2D eigenvalue weighted by molar-refractivity contribution is -0.231. The summed E-state index contributed by atoms with van der Waals surface area (Å²) >= 11 is 0. The average Bonchev–Trinajstić information content (AvgIpc) is 3.19. The second-order valence-corrected chi connectivity index (χ2v) is 7.72. The number of aromatic nitrogens is 1. The molecule has 4 rings (SSSR count). The molecule has 0 radical (unpaired) electrons. The van der Waals surface area contributed by atoms with E-state index in [1.54, 1.807) is 7.11 Å². The number of hydrogen-bond donors (Lipinski definition) is 5. The van der Waals surface area contributed by atoms with E-state index in [4.69, 9.17) is 9.47 Å². The molecule has 1 aromatic heterocycles. The van der Waals surface area contributed by atoms with E-state index in [2.05, 4.69) is 4.98 Å². The van der Waals surface area contributed by atoms with Gasteiger partial charge in [-0.3, -0.25) is 0 Å². The predicted molar refractivity (Wildman–Crippen MR) is 111 cm³/mol. The van der Waals surface area contributed by atoms with Gasteiger partial charge in [0, 0.05) is 17.1 Å². The molecule has 7 heteroatoms. The van der Waals surface area contributed by atoms with Crippen molar-refractivity contribution in [3.63, 3.8) is 0 Å². The van der Waals surface area contributed by atoms with Gasteiger partial charge in [0.15, 0.2) is 0 Å². The zero-order chi connectivity index (χ0) is 21.3.